The molecule has 0 aliphatic carbocycles. The van der Waals surface area contributed by atoms with Gasteiger partial charge in [-0.15, -0.1) is 0 Å². The van der Waals surface area contributed by atoms with E-state index in [-0.39, 0.29) is 24.8 Å². The second kappa shape index (κ2) is 7.57. The average Bonchev–Trinajstić information content (AvgIpc) is 3.08. The molecule has 1 amide bonds. The summed E-state index contributed by atoms with van der Waals surface area (Å²) in [6.07, 6.45) is 0.907. The van der Waals surface area contributed by atoms with Crippen LogP contribution in [0.5, 0.6) is 11.5 Å². The molecule has 2 atom stereocenters. The fourth-order valence-corrected chi connectivity index (χ4v) is 2.85. The van der Waals surface area contributed by atoms with Crippen LogP contribution in [0.15, 0.2) is 42.5 Å². The molecule has 2 aromatic carbocycles. The van der Waals surface area contributed by atoms with Gasteiger partial charge in [0.15, 0.2) is 11.5 Å². The van der Waals surface area contributed by atoms with E-state index >= 15 is 0 Å². The van der Waals surface area contributed by atoms with E-state index in [1.165, 1.54) is 11.1 Å². The van der Waals surface area contributed by atoms with E-state index in [4.69, 9.17) is 9.47 Å². The number of nitrogens with one attached hydrogen (secondary N) is 2. The van der Waals surface area contributed by atoms with Gasteiger partial charge in [-0.3, -0.25) is 10.1 Å². The van der Waals surface area contributed by atoms with Gasteiger partial charge in [0, 0.05) is 17.8 Å². The van der Waals surface area contributed by atoms with E-state index in [1.807, 2.05) is 13.0 Å². The smallest absolute Gasteiger partial charge is 0.241 e. The van der Waals surface area contributed by atoms with Crippen LogP contribution in [0, 0.1) is 6.92 Å². The number of benzene rings is 2. The van der Waals surface area contributed by atoms with Crippen LogP contribution >= 0.6 is 0 Å². The van der Waals surface area contributed by atoms with Crippen molar-refractivity contribution in [2.75, 3.05) is 12.1 Å². The van der Waals surface area contributed by atoms with Gasteiger partial charge in [0.25, 0.3) is 0 Å². The zero-order valence-electron chi connectivity index (χ0n) is 14.8. The Morgan fingerprint density at radius 1 is 1.12 bits per heavy atom. The summed E-state index contributed by atoms with van der Waals surface area (Å²) in [5.74, 6) is 1.28. The number of hydrogen-bond donors (Lipinski definition) is 2. The van der Waals surface area contributed by atoms with Crippen LogP contribution in [0.2, 0.25) is 0 Å². The van der Waals surface area contributed by atoms with Gasteiger partial charge >= 0.3 is 0 Å². The standard InChI is InChI=1S/C20H24N2O3/c1-4-17(15-7-5-13(2)6-8-15)21-14(3)20(23)22-16-9-10-18-19(11-16)25-12-24-18/h5-11,14,17,21H,4,12H2,1-3H3,(H,22,23)/t14-,17+/m1/s1. The maximum Gasteiger partial charge on any atom is 0.241 e. The highest BCUT2D eigenvalue weighted by molar-refractivity contribution is 5.94. The Morgan fingerprint density at radius 2 is 1.84 bits per heavy atom. The van der Waals surface area contributed by atoms with Crippen molar-refractivity contribution in [3.05, 3.63) is 53.6 Å². The molecule has 0 unspecified atom stereocenters. The number of rotatable bonds is 6. The highest BCUT2D eigenvalue weighted by Gasteiger charge is 2.19. The van der Waals surface area contributed by atoms with E-state index in [9.17, 15) is 4.79 Å². The molecule has 0 radical (unpaired) electrons. The molecule has 0 saturated heterocycles. The lowest BCUT2D eigenvalue weighted by atomic mass is 10.0. The minimum absolute atomic E-state index is 0.0792. The third kappa shape index (κ3) is 4.12. The topological polar surface area (TPSA) is 59.6 Å². The van der Waals surface area contributed by atoms with E-state index in [0.29, 0.717) is 17.2 Å². The van der Waals surface area contributed by atoms with Gasteiger partial charge in [-0.25, -0.2) is 0 Å². The second-order valence-electron chi connectivity index (χ2n) is 6.32. The summed E-state index contributed by atoms with van der Waals surface area (Å²) in [5, 5.41) is 6.33. The lowest BCUT2D eigenvalue weighted by molar-refractivity contribution is -0.118. The number of hydrogen-bond acceptors (Lipinski definition) is 4. The van der Waals surface area contributed by atoms with E-state index in [0.717, 1.165) is 6.42 Å². The molecule has 0 saturated carbocycles. The molecule has 1 heterocycles. The van der Waals surface area contributed by atoms with Crippen molar-refractivity contribution in [2.45, 2.75) is 39.3 Å². The van der Waals surface area contributed by atoms with Crippen molar-refractivity contribution < 1.29 is 14.3 Å². The monoisotopic (exact) mass is 340 g/mol. The fraction of sp³-hybridized carbons (Fsp3) is 0.350. The van der Waals surface area contributed by atoms with Crippen LogP contribution in [-0.4, -0.2) is 18.7 Å². The summed E-state index contributed by atoms with van der Waals surface area (Å²) in [6.45, 7) is 6.28. The number of ether oxygens (including phenoxy) is 2. The average molecular weight is 340 g/mol. The predicted octanol–water partition coefficient (Wildman–Crippen LogP) is 3.79. The molecule has 5 nitrogen and oxygen atoms in total. The Morgan fingerprint density at radius 3 is 2.56 bits per heavy atom. The Hall–Kier alpha value is -2.53. The molecule has 1 aliphatic heterocycles. The number of anilines is 1. The largest absolute Gasteiger partial charge is 0.454 e. The summed E-state index contributed by atoms with van der Waals surface area (Å²) >= 11 is 0. The lowest BCUT2D eigenvalue weighted by Gasteiger charge is -2.22. The summed E-state index contributed by atoms with van der Waals surface area (Å²) in [7, 11) is 0. The zero-order valence-corrected chi connectivity index (χ0v) is 14.8. The van der Waals surface area contributed by atoms with Crippen molar-refractivity contribution in [3.8, 4) is 11.5 Å². The third-order valence-corrected chi connectivity index (χ3v) is 4.37. The highest BCUT2D eigenvalue weighted by Crippen LogP contribution is 2.34. The van der Waals surface area contributed by atoms with Gasteiger partial charge < -0.3 is 14.8 Å². The van der Waals surface area contributed by atoms with Crippen molar-refractivity contribution >= 4 is 11.6 Å². The summed E-state index contributed by atoms with van der Waals surface area (Å²) < 4.78 is 10.6. The Balaban J connectivity index is 1.62. The molecule has 1 aliphatic rings. The van der Waals surface area contributed by atoms with Crippen molar-refractivity contribution in [1.29, 1.82) is 0 Å². The first-order chi connectivity index (χ1) is 12.1. The molecule has 25 heavy (non-hydrogen) atoms. The number of aryl methyl sites for hydroxylation is 1. The first-order valence-corrected chi connectivity index (χ1v) is 8.60. The van der Waals surface area contributed by atoms with E-state index < -0.39 is 0 Å². The van der Waals surface area contributed by atoms with Gasteiger partial charge in [0.1, 0.15) is 0 Å². The summed E-state index contributed by atoms with van der Waals surface area (Å²) in [4.78, 5) is 12.5. The molecular formula is C20H24N2O3. The van der Waals surface area contributed by atoms with Crippen LogP contribution in [0.25, 0.3) is 0 Å². The van der Waals surface area contributed by atoms with Crippen LogP contribution in [-0.2, 0) is 4.79 Å². The molecule has 132 valence electrons. The van der Waals surface area contributed by atoms with Gasteiger partial charge in [-0.2, -0.15) is 0 Å². The van der Waals surface area contributed by atoms with Crippen LogP contribution in [0.1, 0.15) is 37.4 Å². The zero-order chi connectivity index (χ0) is 17.8. The SMILES string of the molecule is CC[C@H](N[C@H](C)C(=O)Nc1ccc2c(c1)OCO2)c1ccc(C)cc1. The van der Waals surface area contributed by atoms with E-state index in [2.05, 4.69) is 48.7 Å². The van der Waals surface area contributed by atoms with Crippen LogP contribution in [0.4, 0.5) is 5.69 Å². The highest BCUT2D eigenvalue weighted by atomic mass is 16.7. The molecule has 0 fully saturated rings. The number of carbonyl (C=O) groups is 1. The third-order valence-electron chi connectivity index (χ3n) is 4.37. The number of fused-ring (bicyclic) bond motifs is 1. The first-order valence-electron chi connectivity index (χ1n) is 8.60. The van der Waals surface area contributed by atoms with Crippen molar-refractivity contribution in [3.63, 3.8) is 0 Å². The molecular weight excluding hydrogens is 316 g/mol. The Kier molecular flexibility index (Phi) is 5.24. The van der Waals surface area contributed by atoms with Crippen molar-refractivity contribution in [1.82, 2.24) is 5.32 Å². The Labute approximate surface area is 148 Å². The lowest BCUT2D eigenvalue weighted by Crippen LogP contribution is -2.40. The molecule has 0 spiro atoms. The minimum Gasteiger partial charge on any atom is -0.454 e. The van der Waals surface area contributed by atoms with Crippen molar-refractivity contribution in [2.24, 2.45) is 0 Å². The van der Waals surface area contributed by atoms with E-state index in [1.54, 1.807) is 12.1 Å². The predicted molar refractivity (Wildman–Crippen MR) is 98.0 cm³/mol. The second-order valence-corrected chi connectivity index (χ2v) is 6.32. The maximum absolute atomic E-state index is 12.5. The molecule has 5 heteroatoms. The van der Waals surface area contributed by atoms with Gasteiger partial charge in [0.2, 0.25) is 12.7 Å². The quantitative estimate of drug-likeness (QED) is 0.840. The number of carbonyl (C=O) groups excluding carboxylic acids is 1. The molecule has 0 bridgehead atoms. The molecule has 2 aromatic rings. The molecule has 0 aromatic heterocycles. The Bertz CT molecular complexity index is 743. The minimum atomic E-state index is -0.323. The van der Waals surface area contributed by atoms with Crippen LogP contribution in [0.3, 0.4) is 0 Å². The fourth-order valence-electron chi connectivity index (χ4n) is 2.85. The summed E-state index contributed by atoms with van der Waals surface area (Å²) in [6, 6.07) is 13.6. The molecule has 2 N–H and O–H groups in total. The molecule has 3 rings (SSSR count). The van der Waals surface area contributed by atoms with Gasteiger partial charge in [0.05, 0.1) is 6.04 Å². The number of amides is 1. The summed E-state index contributed by atoms with van der Waals surface area (Å²) in [5.41, 5.74) is 3.12. The maximum atomic E-state index is 12.5. The van der Waals surface area contributed by atoms with Gasteiger partial charge in [-0.1, -0.05) is 36.8 Å². The van der Waals surface area contributed by atoms with Crippen LogP contribution < -0.4 is 20.1 Å². The normalized spacial score (nSPS) is 14.8. The first kappa shape index (κ1) is 17.3. The van der Waals surface area contributed by atoms with Gasteiger partial charge in [-0.05, 0) is 38.0 Å².